The Bertz CT molecular complexity index is 1940. The Kier molecular flexibility index (Phi) is 8.56. The van der Waals surface area contributed by atoms with Crippen LogP contribution in [0.4, 0.5) is 17.1 Å². The molecule has 0 bridgehead atoms. The number of nitrogens with zero attached hydrogens (tertiary/aromatic N) is 2. The van der Waals surface area contributed by atoms with Gasteiger partial charge in [0.15, 0.2) is 0 Å². The van der Waals surface area contributed by atoms with E-state index in [-0.39, 0.29) is 10.8 Å². The molecule has 5 aromatic carbocycles. The summed E-state index contributed by atoms with van der Waals surface area (Å²) < 4.78 is 35.2. The van der Waals surface area contributed by atoms with Gasteiger partial charge in [0.2, 0.25) is 0 Å². The van der Waals surface area contributed by atoms with Crippen molar-refractivity contribution in [2.24, 2.45) is 0 Å². The number of hydrogen-bond acceptors (Lipinski definition) is 5. The molecule has 0 saturated heterocycles. The van der Waals surface area contributed by atoms with Crippen LogP contribution in [0.1, 0.15) is 58.5 Å². The summed E-state index contributed by atoms with van der Waals surface area (Å²) in [5, 5.41) is 0. The average Bonchev–Trinajstić information content (AvgIpc) is 3.07. The van der Waals surface area contributed by atoms with E-state index in [0.717, 1.165) is 16.7 Å². The van der Waals surface area contributed by atoms with Crippen molar-refractivity contribution in [3.05, 3.63) is 149 Å². The highest BCUT2D eigenvalue weighted by Crippen LogP contribution is 2.43. The van der Waals surface area contributed by atoms with E-state index in [1.165, 1.54) is 11.6 Å². The van der Waals surface area contributed by atoms with E-state index in [4.69, 9.17) is 4.74 Å². The third kappa shape index (κ3) is 6.21. The van der Waals surface area contributed by atoms with E-state index in [9.17, 15) is 13.2 Å². The Labute approximate surface area is 271 Å². The van der Waals surface area contributed by atoms with Gasteiger partial charge in [-0.25, -0.2) is 8.42 Å². The second-order valence-corrected chi connectivity index (χ2v) is 13.5. The SMILES string of the molecule is COc1ccc(N2C(=O)c3cc(S(=O)(=O)Nc4ccc(C)cc4)ccc3N(Cc3ccccc3)[C@@H]2c2ccc(C(C)C)cc2)cc1. The number of ether oxygens (including phenoxy) is 1. The summed E-state index contributed by atoms with van der Waals surface area (Å²) >= 11 is 0. The topological polar surface area (TPSA) is 78.9 Å². The van der Waals surface area contributed by atoms with Crippen LogP contribution in [0, 0.1) is 6.92 Å². The molecule has 7 nitrogen and oxygen atoms in total. The predicted octanol–water partition coefficient (Wildman–Crippen LogP) is 8.29. The highest BCUT2D eigenvalue weighted by Gasteiger charge is 2.40. The Balaban J connectivity index is 1.52. The van der Waals surface area contributed by atoms with E-state index in [1.807, 2.05) is 61.5 Å². The molecule has 1 heterocycles. The van der Waals surface area contributed by atoms with Crippen molar-refractivity contribution in [2.75, 3.05) is 21.6 Å². The first-order valence-electron chi connectivity index (χ1n) is 15.3. The third-order valence-corrected chi connectivity index (χ3v) is 9.71. The summed E-state index contributed by atoms with van der Waals surface area (Å²) in [4.78, 5) is 18.6. The van der Waals surface area contributed by atoms with Gasteiger partial charge in [0.05, 0.1) is 23.3 Å². The first-order valence-corrected chi connectivity index (χ1v) is 16.7. The van der Waals surface area contributed by atoms with Gasteiger partial charge in [-0.05, 0) is 84.1 Å². The number of hydrogen-bond donors (Lipinski definition) is 1. The Morgan fingerprint density at radius 2 is 1.50 bits per heavy atom. The number of sulfonamides is 1. The quantitative estimate of drug-likeness (QED) is 0.177. The van der Waals surface area contributed by atoms with Crippen LogP contribution in [0.2, 0.25) is 0 Å². The lowest BCUT2D eigenvalue weighted by Gasteiger charge is -2.46. The molecule has 1 N–H and O–H groups in total. The summed E-state index contributed by atoms with van der Waals surface area (Å²) in [7, 11) is -2.38. The van der Waals surface area contributed by atoms with Gasteiger partial charge in [-0.2, -0.15) is 0 Å². The third-order valence-electron chi connectivity index (χ3n) is 8.33. The van der Waals surface area contributed by atoms with Crippen LogP contribution in [0.15, 0.2) is 126 Å². The predicted molar refractivity (Wildman–Crippen MR) is 184 cm³/mol. The lowest BCUT2D eigenvalue weighted by Crippen LogP contribution is -2.49. The van der Waals surface area contributed by atoms with Crippen molar-refractivity contribution in [1.82, 2.24) is 0 Å². The van der Waals surface area contributed by atoms with Gasteiger partial charge in [-0.1, -0.05) is 86.1 Å². The van der Waals surface area contributed by atoms with Gasteiger partial charge in [0, 0.05) is 17.9 Å². The van der Waals surface area contributed by atoms with E-state index < -0.39 is 16.2 Å². The van der Waals surface area contributed by atoms with Crippen LogP contribution in [-0.2, 0) is 16.6 Å². The number of benzene rings is 5. The number of nitrogens with one attached hydrogen (secondary N) is 1. The lowest BCUT2D eigenvalue weighted by atomic mass is 9.96. The first-order chi connectivity index (χ1) is 22.1. The number of aryl methyl sites for hydroxylation is 1. The van der Waals surface area contributed by atoms with Gasteiger partial charge in [-0.3, -0.25) is 14.4 Å². The van der Waals surface area contributed by atoms with E-state index in [2.05, 4.69) is 59.9 Å². The number of fused-ring (bicyclic) bond motifs is 1. The fraction of sp³-hybridized carbons (Fsp3) is 0.184. The zero-order chi connectivity index (χ0) is 32.4. The number of rotatable bonds is 9. The molecule has 0 radical (unpaired) electrons. The molecule has 0 unspecified atom stereocenters. The zero-order valence-corrected chi connectivity index (χ0v) is 27.2. The molecule has 1 atom stereocenters. The van der Waals surface area contributed by atoms with E-state index in [0.29, 0.717) is 40.8 Å². The number of anilines is 3. The van der Waals surface area contributed by atoms with E-state index >= 15 is 0 Å². The Morgan fingerprint density at radius 1 is 0.826 bits per heavy atom. The van der Waals surface area contributed by atoms with Gasteiger partial charge in [0.25, 0.3) is 15.9 Å². The maximum absolute atomic E-state index is 14.7. The summed E-state index contributed by atoms with van der Waals surface area (Å²) in [6.07, 6.45) is -0.511. The van der Waals surface area contributed by atoms with Gasteiger partial charge < -0.3 is 9.64 Å². The molecule has 46 heavy (non-hydrogen) atoms. The smallest absolute Gasteiger partial charge is 0.262 e. The molecule has 6 rings (SSSR count). The molecular weight excluding hydrogens is 595 g/mol. The minimum absolute atomic E-state index is 0.00857. The van der Waals surface area contributed by atoms with Crippen molar-refractivity contribution < 1.29 is 17.9 Å². The van der Waals surface area contributed by atoms with Crippen molar-refractivity contribution in [2.45, 2.75) is 44.3 Å². The van der Waals surface area contributed by atoms with Crippen LogP contribution in [-0.4, -0.2) is 21.4 Å². The molecule has 0 fully saturated rings. The molecule has 1 aliphatic rings. The minimum Gasteiger partial charge on any atom is -0.497 e. The van der Waals surface area contributed by atoms with Gasteiger partial charge in [0.1, 0.15) is 11.9 Å². The highest BCUT2D eigenvalue weighted by atomic mass is 32.2. The normalized spacial score (nSPS) is 14.7. The monoisotopic (exact) mass is 631 g/mol. The number of carbonyl (C=O) groups excluding carboxylic acids is 1. The van der Waals surface area contributed by atoms with Crippen LogP contribution >= 0.6 is 0 Å². The fourth-order valence-corrected chi connectivity index (χ4v) is 6.87. The molecular formula is C38H37N3O4S. The van der Waals surface area contributed by atoms with Crippen molar-refractivity contribution in [1.29, 1.82) is 0 Å². The molecule has 5 aromatic rings. The number of carbonyl (C=O) groups is 1. The van der Waals surface area contributed by atoms with Crippen LogP contribution < -0.4 is 19.3 Å². The molecule has 234 valence electrons. The second kappa shape index (κ2) is 12.7. The van der Waals surface area contributed by atoms with Gasteiger partial charge >= 0.3 is 0 Å². The number of methoxy groups -OCH3 is 1. The molecule has 0 spiro atoms. The van der Waals surface area contributed by atoms with Crippen molar-refractivity contribution in [3.8, 4) is 5.75 Å². The standard InChI is InChI=1S/C38H37N3O4S/c1-26(2)29-12-14-30(15-13-29)37-40(25-28-8-6-5-7-9-28)36-23-22-34(46(43,44)39-31-16-10-27(3)11-17-31)24-35(36)38(42)41(37)32-18-20-33(45-4)21-19-32/h5-24,26,37,39H,25H2,1-4H3/t37-/m0/s1. The molecule has 1 amide bonds. The van der Waals surface area contributed by atoms with Crippen molar-refractivity contribution in [3.63, 3.8) is 0 Å². The largest absolute Gasteiger partial charge is 0.497 e. The maximum Gasteiger partial charge on any atom is 0.262 e. The fourth-order valence-electron chi connectivity index (χ4n) is 5.79. The summed E-state index contributed by atoms with van der Waals surface area (Å²) in [6, 6.07) is 37.7. The van der Waals surface area contributed by atoms with Crippen molar-refractivity contribution >= 4 is 33.0 Å². The highest BCUT2D eigenvalue weighted by molar-refractivity contribution is 7.92. The summed E-state index contributed by atoms with van der Waals surface area (Å²) in [6.45, 7) is 6.73. The first kappa shape index (κ1) is 30.9. The molecule has 8 heteroatoms. The van der Waals surface area contributed by atoms with Crippen LogP contribution in [0.5, 0.6) is 5.75 Å². The minimum atomic E-state index is -3.99. The summed E-state index contributed by atoms with van der Waals surface area (Å²) in [5.74, 6) is 0.729. The summed E-state index contributed by atoms with van der Waals surface area (Å²) in [5.41, 5.74) is 6.29. The number of amides is 1. The molecule has 1 aliphatic heterocycles. The Hall–Kier alpha value is -5.08. The van der Waals surface area contributed by atoms with Crippen LogP contribution in [0.3, 0.4) is 0 Å². The molecule has 0 saturated carbocycles. The second-order valence-electron chi connectivity index (χ2n) is 11.8. The van der Waals surface area contributed by atoms with E-state index in [1.54, 1.807) is 36.3 Å². The average molecular weight is 632 g/mol. The zero-order valence-electron chi connectivity index (χ0n) is 26.3. The van der Waals surface area contributed by atoms with Crippen LogP contribution in [0.25, 0.3) is 0 Å². The lowest BCUT2D eigenvalue weighted by molar-refractivity contribution is 0.0968. The molecule has 0 aliphatic carbocycles. The van der Waals surface area contributed by atoms with Gasteiger partial charge in [-0.15, -0.1) is 0 Å². The maximum atomic E-state index is 14.7. The Morgan fingerprint density at radius 3 is 2.13 bits per heavy atom. The molecule has 0 aromatic heterocycles.